The fourth-order valence-electron chi connectivity index (χ4n) is 3.31. The van der Waals surface area contributed by atoms with Crippen molar-refractivity contribution < 1.29 is 18.0 Å². The molecule has 2 fully saturated rings. The minimum absolute atomic E-state index is 0.0747. The van der Waals surface area contributed by atoms with Gasteiger partial charge in [-0.25, -0.2) is 8.42 Å². The molecule has 2 aliphatic rings. The quantitative estimate of drug-likeness (QED) is 0.801. The summed E-state index contributed by atoms with van der Waals surface area (Å²) in [7, 11) is -3.75. The smallest absolute Gasteiger partial charge is 0.261 e. The lowest BCUT2D eigenvalue weighted by Crippen LogP contribution is -2.51. The summed E-state index contributed by atoms with van der Waals surface area (Å²) in [5.41, 5.74) is 0.841. The minimum Gasteiger partial charge on any atom is -0.339 e. The van der Waals surface area contributed by atoms with Crippen LogP contribution in [0.2, 0.25) is 0 Å². The van der Waals surface area contributed by atoms with E-state index in [1.807, 2.05) is 4.90 Å². The van der Waals surface area contributed by atoms with Gasteiger partial charge in [0.25, 0.3) is 15.9 Å². The third-order valence-electron chi connectivity index (χ3n) is 5.15. The lowest BCUT2D eigenvalue weighted by atomic mass is 10.1. The van der Waals surface area contributed by atoms with Crippen LogP contribution in [0.15, 0.2) is 53.7 Å². The van der Waals surface area contributed by atoms with Crippen molar-refractivity contribution in [3.05, 3.63) is 54.4 Å². The van der Waals surface area contributed by atoms with Gasteiger partial charge in [-0.2, -0.15) is 0 Å². The summed E-state index contributed by atoms with van der Waals surface area (Å²) in [6.07, 6.45) is 4.95. The summed E-state index contributed by atoms with van der Waals surface area (Å²) < 4.78 is 27.4. The molecule has 1 saturated carbocycles. The molecule has 4 rings (SSSR count). The van der Waals surface area contributed by atoms with Crippen LogP contribution in [0.1, 0.15) is 23.2 Å². The van der Waals surface area contributed by atoms with E-state index in [2.05, 4.69) is 9.71 Å². The van der Waals surface area contributed by atoms with E-state index < -0.39 is 10.0 Å². The van der Waals surface area contributed by atoms with Crippen LogP contribution in [-0.2, 0) is 14.8 Å². The first-order chi connectivity index (χ1) is 13.9. The number of aromatic nitrogens is 1. The Hall–Kier alpha value is -2.94. The summed E-state index contributed by atoms with van der Waals surface area (Å²) >= 11 is 0. The van der Waals surface area contributed by atoms with Gasteiger partial charge in [-0.1, -0.05) is 0 Å². The van der Waals surface area contributed by atoms with Crippen molar-refractivity contribution in [2.45, 2.75) is 17.7 Å². The molecular weight excluding hydrogens is 392 g/mol. The summed E-state index contributed by atoms with van der Waals surface area (Å²) in [5.74, 6) is 0.232. The molecule has 2 aromatic rings. The number of rotatable bonds is 5. The number of carbonyl (C=O) groups excluding carboxylic acids is 2. The standard InChI is InChI=1S/C20H22N4O4S/c25-19(15-1-2-15)23-11-13-24(14-12-23)20(26)16-3-5-18(6-4-16)29(27,28)22-17-7-9-21-10-8-17/h3-10,15H,1-2,11-14H2,(H,21,22). The highest BCUT2D eigenvalue weighted by molar-refractivity contribution is 7.92. The number of nitrogens with one attached hydrogen (secondary N) is 1. The van der Waals surface area contributed by atoms with Crippen LogP contribution < -0.4 is 4.72 Å². The molecule has 1 aliphatic carbocycles. The van der Waals surface area contributed by atoms with Crippen molar-refractivity contribution in [1.82, 2.24) is 14.8 Å². The van der Waals surface area contributed by atoms with Gasteiger partial charge in [-0.3, -0.25) is 19.3 Å². The fraction of sp³-hybridized carbons (Fsp3) is 0.350. The van der Waals surface area contributed by atoms with Gasteiger partial charge in [0.15, 0.2) is 0 Å². The van der Waals surface area contributed by atoms with E-state index in [1.165, 1.54) is 36.7 Å². The van der Waals surface area contributed by atoms with E-state index in [9.17, 15) is 18.0 Å². The number of carbonyl (C=O) groups is 2. The van der Waals surface area contributed by atoms with E-state index in [1.54, 1.807) is 17.0 Å². The summed E-state index contributed by atoms with van der Waals surface area (Å²) in [4.78, 5) is 32.3. The maximum absolute atomic E-state index is 12.7. The second-order valence-corrected chi connectivity index (χ2v) is 8.94. The highest BCUT2D eigenvalue weighted by Crippen LogP contribution is 2.31. The first-order valence-electron chi connectivity index (χ1n) is 9.55. The molecule has 1 N–H and O–H groups in total. The topological polar surface area (TPSA) is 99.7 Å². The number of anilines is 1. The van der Waals surface area contributed by atoms with Crippen LogP contribution in [0.5, 0.6) is 0 Å². The maximum Gasteiger partial charge on any atom is 0.261 e. The summed E-state index contributed by atoms with van der Waals surface area (Å²) in [6, 6.07) is 9.00. The molecule has 1 aromatic heterocycles. The number of hydrogen-bond acceptors (Lipinski definition) is 5. The Morgan fingerprint density at radius 2 is 1.48 bits per heavy atom. The van der Waals surface area contributed by atoms with Gasteiger partial charge in [0, 0.05) is 50.1 Å². The third kappa shape index (κ3) is 4.40. The lowest BCUT2D eigenvalue weighted by molar-refractivity contribution is -0.134. The first kappa shape index (κ1) is 19.4. The number of amides is 2. The zero-order chi connectivity index (χ0) is 20.4. The Morgan fingerprint density at radius 1 is 0.897 bits per heavy atom. The average molecular weight is 414 g/mol. The zero-order valence-electron chi connectivity index (χ0n) is 15.8. The van der Waals surface area contributed by atoms with Gasteiger partial charge in [0.1, 0.15) is 0 Å². The van der Waals surface area contributed by atoms with E-state index in [0.717, 1.165) is 12.8 Å². The second kappa shape index (κ2) is 7.82. The minimum atomic E-state index is -3.75. The first-order valence-corrected chi connectivity index (χ1v) is 11.0. The van der Waals surface area contributed by atoms with Crippen molar-refractivity contribution in [3.63, 3.8) is 0 Å². The number of nitrogens with zero attached hydrogens (tertiary/aromatic N) is 3. The predicted octanol–water partition coefficient (Wildman–Crippen LogP) is 1.58. The molecule has 1 aromatic carbocycles. The van der Waals surface area contributed by atoms with Crippen LogP contribution in [0.3, 0.4) is 0 Å². The van der Waals surface area contributed by atoms with Gasteiger partial charge in [0.2, 0.25) is 5.91 Å². The van der Waals surface area contributed by atoms with E-state index in [4.69, 9.17) is 0 Å². The molecule has 0 unspecified atom stereocenters. The number of pyridine rings is 1. The van der Waals surface area contributed by atoms with Crippen molar-refractivity contribution in [2.75, 3.05) is 30.9 Å². The van der Waals surface area contributed by atoms with Gasteiger partial charge in [-0.05, 0) is 49.2 Å². The normalized spacial score (nSPS) is 17.1. The monoisotopic (exact) mass is 414 g/mol. The molecule has 29 heavy (non-hydrogen) atoms. The molecule has 0 radical (unpaired) electrons. The third-order valence-corrected chi connectivity index (χ3v) is 6.55. The molecule has 0 spiro atoms. The van der Waals surface area contributed by atoms with E-state index in [-0.39, 0.29) is 22.6 Å². The van der Waals surface area contributed by atoms with Gasteiger partial charge >= 0.3 is 0 Å². The Labute approximate surface area is 169 Å². The number of benzene rings is 1. The Morgan fingerprint density at radius 3 is 2.07 bits per heavy atom. The van der Waals surface area contributed by atoms with Crippen molar-refractivity contribution in [1.29, 1.82) is 0 Å². The number of hydrogen-bond donors (Lipinski definition) is 1. The maximum atomic E-state index is 12.7. The van der Waals surface area contributed by atoms with Crippen LogP contribution >= 0.6 is 0 Å². The summed E-state index contributed by atoms with van der Waals surface area (Å²) in [6.45, 7) is 2.06. The fourth-order valence-corrected chi connectivity index (χ4v) is 4.37. The van der Waals surface area contributed by atoms with Gasteiger partial charge in [-0.15, -0.1) is 0 Å². The van der Waals surface area contributed by atoms with Gasteiger partial charge in [0.05, 0.1) is 10.6 Å². The largest absolute Gasteiger partial charge is 0.339 e. The van der Waals surface area contributed by atoms with Crippen LogP contribution in [0, 0.1) is 5.92 Å². The molecular formula is C20H22N4O4S. The molecule has 2 heterocycles. The van der Waals surface area contributed by atoms with Crippen molar-refractivity contribution in [3.8, 4) is 0 Å². The molecule has 1 aliphatic heterocycles. The molecule has 152 valence electrons. The average Bonchev–Trinajstić information content (AvgIpc) is 3.59. The summed E-state index contributed by atoms with van der Waals surface area (Å²) in [5, 5.41) is 0. The Bertz CT molecular complexity index is 997. The molecule has 0 bridgehead atoms. The highest BCUT2D eigenvalue weighted by Gasteiger charge is 2.35. The van der Waals surface area contributed by atoms with Gasteiger partial charge < -0.3 is 9.80 Å². The van der Waals surface area contributed by atoms with Crippen LogP contribution in [0.4, 0.5) is 5.69 Å². The molecule has 2 amide bonds. The highest BCUT2D eigenvalue weighted by atomic mass is 32.2. The van der Waals surface area contributed by atoms with E-state index >= 15 is 0 Å². The van der Waals surface area contributed by atoms with Crippen LogP contribution in [0.25, 0.3) is 0 Å². The molecule has 0 atom stereocenters. The van der Waals surface area contributed by atoms with E-state index in [0.29, 0.717) is 37.4 Å². The SMILES string of the molecule is O=C(c1ccc(S(=O)(=O)Nc2ccncc2)cc1)N1CCN(C(=O)C2CC2)CC1. The Kier molecular flexibility index (Phi) is 5.23. The predicted molar refractivity (Wildman–Crippen MR) is 107 cm³/mol. The molecule has 9 heteroatoms. The van der Waals surface area contributed by atoms with Crippen molar-refractivity contribution >= 4 is 27.5 Å². The molecule has 8 nitrogen and oxygen atoms in total. The Balaban J connectivity index is 1.38. The van der Waals surface area contributed by atoms with Crippen LogP contribution in [-0.4, -0.2) is 61.2 Å². The number of piperazine rings is 1. The number of sulfonamides is 1. The molecule has 1 saturated heterocycles. The lowest BCUT2D eigenvalue weighted by Gasteiger charge is -2.35. The second-order valence-electron chi connectivity index (χ2n) is 7.26. The van der Waals surface area contributed by atoms with Crippen molar-refractivity contribution in [2.24, 2.45) is 5.92 Å². The zero-order valence-corrected chi connectivity index (χ0v) is 16.6.